The van der Waals surface area contributed by atoms with Crippen molar-refractivity contribution in [1.82, 2.24) is 14.3 Å². The molecule has 0 saturated heterocycles. The van der Waals surface area contributed by atoms with Crippen molar-refractivity contribution in [1.29, 1.82) is 0 Å². The first-order valence-corrected chi connectivity index (χ1v) is 12.0. The molecule has 4 aromatic rings. The number of aryl methyl sites for hydroxylation is 1. The molecule has 0 amide bonds. The van der Waals surface area contributed by atoms with Crippen LogP contribution < -0.4 is 14.9 Å². The minimum Gasteiger partial charge on any atom is -0.466 e. The number of hydrogen-bond acceptors (Lipinski definition) is 6. The molecule has 0 N–H and O–H groups in total. The molecule has 0 fully saturated rings. The maximum Gasteiger partial charge on any atom is 0.338 e. The first-order chi connectivity index (χ1) is 16.9. The Bertz CT molecular complexity index is 1640. The minimum atomic E-state index is -0.615. The highest BCUT2D eigenvalue weighted by atomic mass is 32.1. The van der Waals surface area contributed by atoms with Crippen LogP contribution in [0.5, 0.6) is 0 Å². The Balaban J connectivity index is 1.72. The zero-order chi connectivity index (χ0) is 24.7. The normalized spacial score (nSPS) is 15.7. The highest BCUT2D eigenvalue weighted by Crippen LogP contribution is 2.30. The lowest BCUT2D eigenvalue weighted by Crippen LogP contribution is -2.39. The van der Waals surface area contributed by atoms with Crippen LogP contribution >= 0.6 is 11.3 Å². The average molecular weight is 485 g/mol. The van der Waals surface area contributed by atoms with E-state index in [4.69, 9.17) is 9.84 Å². The predicted octanol–water partition coefficient (Wildman–Crippen LogP) is 3.21. The zero-order valence-electron chi connectivity index (χ0n) is 19.9. The van der Waals surface area contributed by atoms with Crippen LogP contribution in [0, 0.1) is 13.8 Å². The summed E-state index contributed by atoms with van der Waals surface area (Å²) in [5, 5.41) is 4.70. The molecule has 176 valence electrons. The molecule has 35 heavy (non-hydrogen) atoms. The summed E-state index contributed by atoms with van der Waals surface area (Å²) < 4.78 is 9.06. The number of thiazole rings is 1. The summed E-state index contributed by atoms with van der Waals surface area (Å²) in [6, 6.07) is 18.8. The third kappa shape index (κ3) is 3.85. The molecule has 0 radical (unpaired) electrons. The summed E-state index contributed by atoms with van der Waals surface area (Å²) >= 11 is 1.31. The summed E-state index contributed by atoms with van der Waals surface area (Å²) in [4.78, 5) is 31.6. The summed E-state index contributed by atoms with van der Waals surface area (Å²) in [6.07, 6.45) is 1.88. The van der Waals surface area contributed by atoms with Crippen LogP contribution in [-0.2, 0) is 9.53 Å². The van der Waals surface area contributed by atoms with Crippen LogP contribution in [0.4, 0.5) is 0 Å². The van der Waals surface area contributed by atoms with Gasteiger partial charge in [-0.2, -0.15) is 5.10 Å². The zero-order valence-corrected chi connectivity index (χ0v) is 20.7. The number of fused-ring (bicyclic) bond motifs is 1. The average Bonchev–Trinajstić information content (AvgIpc) is 3.34. The smallest absolute Gasteiger partial charge is 0.338 e. The first kappa shape index (κ1) is 22.7. The lowest BCUT2D eigenvalue weighted by atomic mass is 9.96. The van der Waals surface area contributed by atoms with Crippen molar-refractivity contribution >= 4 is 23.4 Å². The second-order valence-electron chi connectivity index (χ2n) is 8.32. The van der Waals surface area contributed by atoms with Gasteiger partial charge in [-0.05, 0) is 44.5 Å². The lowest BCUT2D eigenvalue weighted by molar-refractivity contribution is -0.136. The number of nitrogens with zero attached hydrogens (tertiary/aromatic N) is 4. The standard InChI is InChI=1S/C27H24N4O3S/c1-16-21(18(3)31(29-16)20-13-9-6-10-14-20)15-22-25(32)30-24(19-11-7-5-8-12-19)23(26(33)34-4)17(2)28-27(30)35-22/h5-15,24H,1-4H3/t24-/m0/s1. The Labute approximate surface area is 206 Å². The van der Waals surface area contributed by atoms with Gasteiger partial charge in [-0.15, -0.1) is 0 Å². The fourth-order valence-electron chi connectivity index (χ4n) is 4.46. The molecule has 2 aromatic carbocycles. The van der Waals surface area contributed by atoms with Crippen LogP contribution in [-0.4, -0.2) is 27.4 Å². The predicted molar refractivity (Wildman–Crippen MR) is 135 cm³/mol. The number of esters is 1. The number of methoxy groups -OCH3 is 1. The van der Waals surface area contributed by atoms with Gasteiger partial charge in [-0.25, -0.2) is 14.5 Å². The molecule has 3 heterocycles. The van der Waals surface area contributed by atoms with Crippen molar-refractivity contribution in [2.45, 2.75) is 26.8 Å². The molecule has 0 saturated carbocycles. The third-order valence-corrected chi connectivity index (χ3v) is 7.15. The number of benzene rings is 2. The van der Waals surface area contributed by atoms with Crippen molar-refractivity contribution < 1.29 is 9.53 Å². The molecule has 0 bridgehead atoms. The summed E-state index contributed by atoms with van der Waals surface area (Å²) in [7, 11) is 1.34. The molecule has 0 spiro atoms. The maximum absolute atomic E-state index is 13.7. The monoisotopic (exact) mass is 484 g/mol. The van der Waals surface area contributed by atoms with Gasteiger partial charge >= 0.3 is 5.97 Å². The molecule has 1 aliphatic rings. The van der Waals surface area contributed by atoms with Gasteiger partial charge < -0.3 is 4.74 Å². The quantitative estimate of drug-likeness (QED) is 0.417. The van der Waals surface area contributed by atoms with E-state index in [1.165, 1.54) is 18.4 Å². The van der Waals surface area contributed by atoms with Crippen molar-refractivity contribution in [2.75, 3.05) is 7.11 Å². The van der Waals surface area contributed by atoms with Crippen molar-refractivity contribution in [2.24, 2.45) is 4.99 Å². The SMILES string of the molecule is COC(=O)C1=C(C)N=c2sc(=Cc3c(C)nn(-c4ccccc4)c3C)c(=O)n2[C@H]1c1ccccc1. The molecular weight excluding hydrogens is 460 g/mol. The van der Waals surface area contributed by atoms with E-state index in [0.717, 1.165) is 28.2 Å². The number of para-hydroxylation sites is 1. The molecule has 1 aliphatic heterocycles. The van der Waals surface area contributed by atoms with Gasteiger partial charge in [-0.3, -0.25) is 9.36 Å². The van der Waals surface area contributed by atoms with Gasteiger partial charge in [0.05, 0.1) is 40.3 Å². The summed E-state index contributed by atoms with van der Waals surface area (Å²) in [5.41, 5.74) is 5.12. The van der Waals surface area contributed by atoms with E-state index in [1.807, 2.05) is 85.3 Å². The number of rotatable bonds is 4. The highest BCUT2D eigenvalue weighted by Gasteiger charge is 2.33. The topological polar surface area (TPSA) is 78.5 Å². The molecule has 7 nitrogen and oxygen atoms in total. The second kappa shape index (κ2) is 8.96. The Morgan fingerprint density at radius 1 is 1.03 bits per heavy atom. The van der Waals surface area contributed by atoms with E-state index in [9.17, 15) is 9.59 Å². The van der Waals surface area contributed by atoms with E-state index < -0.39 is 12.0 Å². The fourth-order valence-corrected chi connectivity index (χ4v) is 5.49. The lowest BCUT2D eigenvalue weighted by Gasteiger charge is -2.24. The number of ether oxygens (including phenoxy) is 1. The number of carbonyl (C=O) groups is 1. The molecule has 1 atom stereocenters. The van der Waals surface area contributed by atoms with Gasteiger partial charge in [0.2, 0.25) is 0 Å². The molecule has 0 aliphatic carbocycles. The number of aromatic nitrogens is 3. The Hall–Kier alpha value is -4.04. The number of allylic oxidation sites excluding steroid dienone is 1. The van der Waals surface area contributed by atoms with Crippen LogP contribution in [0.2, 0.25) is 0 Å². The largest absolute Gasteiger partial charge is 0.466 e. The molecule has 5 rings (SSSR count). The molecular formula is C27H24N4O3S. The van der Waals surface area contributed by atoms with Gasteiger partial charge in [0, 0.05) is 11.3 Å². The van der Waals surface area contributed by atoms with Gasteiger partial charge in [-0.1, -0.05) is 59.9 Å². The van der Waals surface area contributed by atoms with Crippen LogP contribution in [0.15, 0.2) is 81.7 Å². The molecule has 8 heteroatoms. The van der Waals surface area contributed by atoms with Crippen molar-refractivity contribution in [3.63, 3.8) is 0 Å². The van der Waals surface area contributed by atoms with Crippen LogP contribution in [0.3, 0.4) is 0 Å². The van der Waals surface area contributed by atoms with E-state index in [2.05, 4.69) is 4.99 Å². The van der Waals surface area contributed by atoms with Crippen LogP contribution in [0.25, 0.3) is 11.8 Å². The number of carbonyl (C=O) groups excluding carboxylic acids is 1. The van der Waals surface area contributed by atoms with Gasteiger partial charge in [0.25, 0.3) is 5.56 Å². The van der Waals surface area contributed by atoms with E-state index in [-0.39, 0.29) is 5.56 Å². The highest BCUT2D eigenvalue weighted by molar-refractivity contribution is 7.07. The summed E-state index contributed by atoms with van der Waals surface area (Å²) in [5.74, 6) is -0.495. The molecule has 0 unspecified atom stereocenters. The van der Waals surface area contributed by atoms with Gasteiger partial charge in [0.1, 0.15) is 0 Å². The van der Waals surface area contributed by atoms with Crippen molar-refractivity contribution in [3.8, 4) is 5.69 Å². The fraction of sp³-hybridized carbons (Fsp3) is 0.185. The maximum atomic E-state index is 13.7. The molecule has 2 aromatic heterocycles. The number of hydrogen-bond donors (Lipinski definition) is 0. The minimum absolute atomic E-state index is 0.206. The van der Waals surface area contributed by atoms with Crippen LogP contribution in [0.1, 0.15) is 35.5 Å². The summed E-state index contributed by atoms with van der Waals surface area (Å²) in [6.45, 7) is 5.70. The third-order valence-electron chi connectivity index (χ3n) is 6.17. The van der Waals surface area contributed by atoms with E-state index >= 15 is 0 Å². The Morgan fingerprint density at radius 3 is 2.34 bits per heavy atom. The van der Waals surface area contributed by atoms with E-state index in [1.54, 1.807) is 11.5 Å². The van der Waals surface area contributed by atoms with E-state index in [0.29, 0.717) is 20.6 Å². The Kier molecular flexibility index (Phi) is 5.82. The second-order valence-corrected chi connectivity index (χ2v) is 9.33. The van der Waals surface area contributed by atoms with Crippen molar-refractivity contribution in [3.05, 3.63) is 114 Å². The Morgan fingerprint density at radius 2 is 1.69 bits per heavy atom. The van der Waals surface area contributed by atoms with Gasteiger partial charge in [0.15, 0.2) is 4.80 Å². The first-order valence-electron chi connectivity index (χ1n) is 11.2.